The van der Waals surface area contributed by atoms with Crippen LogP contribution in [0, 0.1) is 11.3 Å². The summed E-state index contributed by atoms with van der Waals surface area (Å²) in [5, 5.41) is 6.50. The highest BCUT2D eigenvalue weighted by molar-refractivity contribution is 6.33. The molecule has 0 bridgehead atoms. The second-order valence-electron chi connectivity index (χ2n) is 11.0. The third-order valence-corrected chi connectivity index (χ3v) is 7.43. The molecule has 1 aliphatic heterocycles. The Morgan fingerprint density at radius 2 is 1.97 bits per heavy atom. The van der Waals surface area contributed by atoms with Crippen LogP contribution in [0.5, 0.6) is 0 Å². The number of aromatic nitrogens is 2. The molecule has 0 unspecified atom stereocenters. The number of pyridine rings is 1. The Hall–Kier alpha value is -2.80. The van der Waals surface area contributed by atoms with Crippen LogP contribution in [-0.4, -0.2) is 46.4 Å². The Kier molecular flexibility index (Phi) is 7.00. The monoisotopic (exact) mass is 497 g/mol. The molecular weight excluding hydrogens is 462 g/mol. The molecule has 0 spiro atoms. The van der Waals surface area contributed by atoms with Gasteiger partial charge in [0.2, 0.25) is 11.8 Å². The van der Waals surface area contributed by atoms with Gasteiger partial charge >= 0.3 is 0 Å². The number of hydrogen-bond acceptors (Lipinski definition) is 4. The zero-order valence-electron chi connectivity index (χ0n) is 21.4. The lowest BCUT2D eigenvalue weighted by Crippen LogP contribution is -2.40. The van der Waals surface area contributed by atoms with E-state index in [4.69, 9.17) is 11.6 Å². The van der Waals surface area contributed by atoms with Crippen LogP contribution in [0.3, 0.4) is 0 Å². The van der Waals surface area contributed by atoms with E-state index in [9.17, 15) is 9.59 Å². The molecule has 0 saturated heterocycles. The summed E-state index contributed by atoms with van der Waals surface area (Å²) < 4.78 is 2.34. The summed E-state index contributed by atoms with van der Waals surface area (Å²) in [5.41, 5.74) is 5.30. The summed E-state index contributed by atoms with van der Waals surface area (Å²) in [5.74, 6) is 0.211. The average Bonchev–Trinajstić information content (AvgIpc) is 3.27. The van der Waals surface area contributed by atoms with Gasteiger partial charge in [-0.3, -0.25) is 9.59 Å². The SMILES string of the molecule is C=C(c1cc(-c2cc(NC(=O)[C@H]3CCC[C@@H](NC(C)=O)C3)ncc2Cl)c2n1CC(C)(C)C2)N(C)C. The molecule has 1 aliphatic carbocycles. The number of rotatable bonds is 6. The van der Waals surface area contributed by atoms with Crippen molar-refractivity contribution in [3.63, 3.8) is 0 Å². The van der Waals surface area contributed by atoms with Gasteiger partial charge in [0.15, 0.2) is 0 Å². The molecule has 2 atom stereocenters. The molecule has 188 valence electrons. The zero-order valence-corrected chi connectivity index (χ0v) is 22.1. The van der Waals surface area contributed by atoms with E-state index in [1.807, 2.05) is 25.1 Å². The molecule has 35 heavy (non-hydrogen) atoms. The van der Waals surface area contributed by atoms with Crippen LogP contribution < -0.4 is 10.6 Å². The number of anilines is 1. The van der Waals surface area contributed by atoms with Crippen molar-refractivity contribution in [2.45, 2.75) is 65.5 Å². The van der Waals surface area contributed by atoms with Crippen molar-refractivity contribution in [1.82, 2.24) is 19.8 Å². The lowest BCUT2D eigenvalue weighted by atomic mass is 9.85. The zero-order chi connectivity index (χ0) is 25.5. The van der Waals surface area contributed by atoms with Gasteiger partial charge in [-0.25, -0.2) is 4.98 Å². The number of amides is 2. The molecule has 0 aromatic carbocycles. The van der Waals surface area contributed by atoms with Crippen LogP contribution in [0.2, 0.25) is 5.02 Å². The number of hydrogen-bond donors (Lipinski definition) is 2. The fraction of sp³-hybridized carbons (Fsp3) is 0.519. The highest BCUT2D eigenvalue weighted by Crippen LogP contribution is 2.43. The fourth-order valence-corrected chi connectivity index (χ4v) is 5.59. The first-order valence-corrected chi connectivity index (χ1v) is 12.7. The Morgan fingerprint density at radius 3 is 2.66 bits per heavy atom. The molecular formula is C27H36ClN5O2. The molecule has 3 heterocycles. The molecule has 0 radical (unpaired) electrons. The van der Waals surface area contributed by atoms with Gasteiger partial charge in [0.1, 0.15) is 5.82 Å². The second-order valence-corrected chi connectivity index (χ2v) is 11.4. The van der Waals surface area contributed by atoms with Crippen LogP contribution in [0.15, 0.2) is 24.9 Å². The Balaban J connectivity index is 1.61. The maximum Gasteiger partial charge on any atom is 0.228 e. The summed E-state index contributed by atoms with van der Waals surface area (Å²) in [6.45, 7) is 11.3. The molecule has 1 fully saturated rings. The highest BCUT2D eigenvalue weighted by Gasteiger charge is 2.34. The van der Waals surface area contributed by atoms with E-state index in [1.165, 1.54) is 12.6 Å². The molecule has 8 heteroatoms. The van der Waals surface area contributed by atoms with E-state index in [-0.39, 0.29) is 29.2 Å². The number of nitrogens with zero attached hydrogens (tertiary/aromatic N) is 3. The van der Waals surface area contributed by atoms with Crippen molar-refractivity contribution in [3.05, 3.63) is 41.3 Å². The normalized spacial score (nSPS) is 20.7. The minimum Gasteiger partial charge on any atom is -0.376 e. The number of nitrogens with one attached hydrogen (secondary N) is 2. The fourth-order valence-electron chi connectivity index (χ4n) is 5.39. The van der Waals surface area contributed by atoms with Gasteiger partial charge in [0, 0.05) is 62.5 Å². The summed E-state index contributed by atoms with van der Waals surface area (Å²) in [6.07, 6.45) is 5.80. The quantitative estimate of drug-likeness (QED) is 0.591. The molecule has 1 saturated carbocycles. The van der Waals surface area contributed by atoms with Gasteiger partial charge in [-0.15, -0.1) is 0 Å². The van der Waals surface area contributed by atoms with Crippen molar-refractivity contribution in [2.24, 2.45) is 11.3 Å². The number of carbonyl (C=O) groups excluding carboxylic acids is 2. The molecule has 7 nitrogen and oxygen atoms in total. The standard InChI is InChI=1S/C27H36ClN5O2/c1-16(32(5)6)23-11-21(24-13-27(3,4)15-33(23)24)20-12-25(29-14-22(20)28)31-26(35)18-8-7-9-19(10-18)30-17(2)34/h11-12,14,18-19H,1,7-10,13,15H2,2-6H3,(H,30,34)(H,29,31,35)/t18-,19+/m0/s1. The van der Waals surface area contributed by atoms with Crippen LogP contribution >= 0.6 is 11.6 Å². The number of carbonyl (C=O) groups is 2. The van der Waals surface area contributed by atoms with E-state index in [1.54, 1.807) is 6.20 Å². The first-order valence-electron chi connectivity index (χ1n) is 12.3. The maximum atomic E-state index is 13.1. The topological polar surface area (TPSA) is 79.3 Å². The third-order valence-electron chi connectivity index (χ3n) is 7.13. The van der Waals surface area contributed by atoms with E-state index in [2.05, 4.69) is 46.7 Å². The Labute approximate surface area is 212 Å². The van der Waals surface area contributed by atoms with Gasteiger partial charge < -0.3 is 20.1 Å². The van der Waals surface area contributed by atoms with Crippen LogP contribution in [0.1, 0.15) is 57.8 Å². The van der Waals surface area contributed by atoms with Crippen molar-refractivity contribution < 1.29 is 9.59 Å². The van der Waals surface area contributed by atoms with Crippen molar-refractivity contribution in [3.8, 4) is 11.1 Å². The largest absolute Gasteiger partial charge is 0.376 e. The lowest BCUT2D eigenvalue weighted by molar-refractivity contribution is -0.123. The van der Waals surface area contributed by atoms with Crippen LogP contribution in [0.25, 0.3) is 16.8 Å². The molecule has 2 N–H and O–H groups in total. The minimum absolute atomic E-state index is 0.0428. The van der Waals surface area contributed by atoms with Gasteiger partial charge in [-0.05, 0) is 43.2 Å². The summed E-state index contributed by atoms with van der Waals surface area (Å²) >= 11 is 6.65. The predicted molar refractivity (Wildman–Crippen MR) is 141 cm³/mol. The third kappa shape index (κ3) is 5.40. The van der Waals surface area contributed by atoms with E-state index >= 15 is 0 Å². The Morgan fingerprint density at radius 1 is 1.23 bits per heavy atom. The van der Waals surface area contributed by atoms with Crippen molar-refractivity contribution in [2.75, 3.05) is 19.4 Å². The molecule has 4 rings (SSSR count). The first kappa shape index (κ1) is 25.3. The maximum absolute atomic E-state index is 13.1. The Bertz CT molecular complexity index is 1170. The van der Waals surface area contributed by atoms with Crippen molar-refractivity contribution in [1.29, 1.82) is 0 Å². The highest BCUT2D eigenvalue weighted by atomic mass is 35.5. The number of halogens is 1. The number of fused-ring (bicyclic) bond motifs is 1. The average molecular weight is 498 g/mol. The van der Waals surface area contributed by atoms with E-state index < -0.39 is 0 Å². The van der Waals surface area contributed by atoms with Gasteiger partial charge in [0.05, 0.1) is 16.4 Å². The smallest absolute Gasteiger partial charge is 0.228 e. The van der Waals surface area contributed by atoms with Crippen LogP contribution in [0.4, 0.5) is 5.82 Å². The summed E-state index contributed by atoms with van der Waals surface area (Å²) in [4.78, 5) is 30.9. The van der Waals surface area contributed by atoms with Gasteiger partial charge in [-0.2, -0.15) is 0 Å². The van der Waals surface area contributed by atoms with Crippen molar-refractivity contribution >= 4 is 34.9 Å². The first-order chi connectivity index (χ1) is 16.4. The van der Waals surface area contributed by atoms with Gasteiger partial charge in [0.25, 0.3) is 0 Å². The summed E-state index contributed by atoms with van der Waals surface area (Å²) in [7, 11) is 3.99. The lowest BCUT2D eigenvalue weighted by Gasteiger charge is -2.28. The second kappa shape index (κ2) is 9.69. The van der Waals surface area contributed by atoms with E-state index in [0.29, 0.717) is 17.3 Å². The minimum atomic E-state index is -0.156. The predicted octanol–water partition coefficient (Wildman–Crippen LogP) is 4.95. The molecule has 2 aromatic heterocycles. The molecule has 2 aromatic rings. The van der Waals surface area contributed by atoms with Crippen LogP contribution in [-0.2, 0) is 22.6 Å². The molecule has 2 amide bonds. The van der Waals surface area contributed by atoms with E-state index in [0.717, 1.165) is 54.7 Å². The summed E-state index contributed by atoms with van der Waals surface area (Å²) in [6, 6.07) is 4.07. The van der Waals surface area contributed by atoms with Gasteiger partial charge in [-0.1, -0.05) is 38.4 Å². The molecule has 2 aliphatic rings.